The molecule has 0 aliphatic carbocycles. The van der Waals surface area contributed by atoms with E-state index in [2.05, 4.69) is 10.4 Å². The molecule has 0 fully saturated rings. The number of rotatable bonds is 3. The van der Waals surface area contributed by atoms with Gasteiger partial charge >= 0.3 is 0 Å². The van der Waals surface area contributed by atoms with E-state index in [-0.39, 0.29) is 10.6 Å². The zero-order valence-corrected chi connectivity index (χ0v) is 10.7. The van der Waals surface area contributed by atoms with Crippen LogP contribution in [0, 0.1) is 11.6 Å². The van der Waals surface area contributed by atoms with Gasteiger partial charge in [0.15, 0.2) is 0 Å². The molecular weight excluding hydrogens is 260 g/mol. The Morgan fingerprint density at radius 2 is 2.06 bits per heavy atom. The van der Waals surface area contributed by atoms with E-state index < -0.39 is 17.7 Å². The Hall–Kier alpha value is -1.46. The molecule has 1 aromatic carbocycles. The van der Waals surface area contributed by atoms with Gasteiger partial charge in [-0.1, -0.05) is 11.6 Å². The lowest BCUT2D eigenvalue weighted by molar-refractivity contribution is 0.539. The summed E-state index contributed by atoms with van der Waals surface area (Å²) in [5.41, 5.74) is 0.932. The third kappa shape index (κ3) is 2.23. The lowest BCUT2D eigenvalue weighted by Gasteiger charge is -2.18. The Morgan fingerprint density at radius 3 is 2.61 bits per heavy atom. The quantitative estimate of drug-likeness (QED) is 0.870. The minimum absolute atomic E-state index is 0.197. The highest BCUT2D eigenvalue weighted by molar-refractivity contribution is 6.30. The first kappa shape index (κ1) is 13.0. The molecule has 0 spiro atoms. The van der Waals surface area contributed by atoms with Crippen LogP contribution in [0.3, 0.4) is 0 Å². The van der Waals surface area contributed by atoms with Gasteiger partial charge in [0.2, 0.25) is 0 Å². The van der Waals surface area contributed by atoms with Gasteiger partial charge in [-0.15, -0.1) is 0 Å². The summed E-state index contributed by atoms with van der Waals surface area (Å²) in [4.78, 5) is 0. The molecular formula is C12H12ClF2N3. The number of benzene rings is 1. The van der Waals surface area contributed by atoms with Gasteiger partial charge in [-0.05, 0) is 25.2 Å². The molecule has 3 nitrogen and oxygen atoms in total. The summed E-state index contributed by atoms with van der Waals surface area (Å²) in [6, 6.07) is 3.34. The second-order valence-electron chi connectivity index (χ2n) is 3.89. The van der Waals surface area contributed by atoms with Crippen molar-refractivity contribution in [2.75, 3.05) is 7.05 Å². The maximum atomic E-state index is 13.9. The van der Waals surface area contributed by atoms with Crippen LogP contribution in [0.25, 0.3) is 0 Å². The summed E-state index contributed by atoms with van der Waals surface area (Å²) >= 11 is 5.54. The molecule has 6 heteroatoms. The molecule has 1 aromatic heterocycles. The Bertz CT molecular complexity index is 568. The number of hydrogen-bond donors (Lipinski definition) is 1. The first-order valence-corrected chi connectivity index (χ1v) is 5.72. The van der Waals surface area contributed by atoms with Crippen LogP contribution in [0.2, 0.25) is 5.02 Å². The lowest BCUT2D eigenvalue weighted by Crippen LogP contribution is -2.22. The van der Waals surface area contributed by atoms with Gasteiger partial charge in [-0.3, -0.25) is 4.68 Å². The Morgan fingerprint density at radius 1 is 1.33 bits per heavy atom. The number of halogens is 3. The molecule has 96 valence electrons. The smallest absolute Gasteiger partial charge is 0.142 e. The van der Waals surface area contributed by atoms with Gasteiger partial charge in [0, 0.05) is 18.8 Å². The fourth-order valence-electron chi connectivity index (χ4n) is 1.89. The molecule has 2 rings (SSSR count). The van der Waals surface area contributed by atoms with Crippen LogP contribution in [0.5, 0.6) is 0 Å². The molecule has 0 aliphatic heterocycles. The summed E-state index contributed by atoms with van der Waals surface area (Å²) in [5, 5.41) is 6.73. The van der Waals surface area contributed by atoms with Crippen molar-refractivity contribution < 1.29 is 8.78 Å². The van der Waals surface area contributed by atoms with Crippen LogP contribution in [0.4, 0.5) is 8.78 Å². The predicted octanol–water partition coefficient (Wildman–Crippen LogP) is 2.66. The first-order valence-electron chi connectivity index (χ1n) is 5.34. The Kier molecular flexibility index (Phi) is 3.63. The monoisotopic (exact) mass is 271 g/mol. The molecule has 0 aliphatic rings. The molecule has 0 radical (unpaired) electrons. The lowest BCUT2D eigenvalue weighted by atomic mass is 10.0. The van der Waals surface area contributed by atoms with E-state index in [4.69, 9.17) is 11.6 Å². The molecule has 0 saturated carbocycles. The van der Waals surface area contributed by atoms with Gasteiger partial charge in [0.05, 0.1) is 16.8 Å². The molecule has 18 heavy (non-hydrogen) atoms. The van der Waals surface area contributed by atoms with Crippen LogP contribution < -0.4 is 5.32 Å². The Labute approximate surface area is 108 Å². The molecule has 0 bridgehead atoms. The van der Waals surface area contributed by atoms with Crippen molar-refractivity contribution in [1.82, 2.24) is 15.1 Å². The van der Waals surface area contributed by atoms with E-state index in [1.807, 2.05) is 0 Å². The van der Waals surface area contributed by atoms with E-state index in [0.29, 0.717) is 0 Å². The van der Waals surface area contributed by atoms with Gasteiger partial charge in [0.25, 0.3) is 0 Å². The average Bonchev–Trinajstić information content (AvgIpc) is 2.73. The first-order chi connectivity index (χ1) is 8.54. The van der Waals surface area contributed by atoms with Gasteiger partial charge in [-0.2, -0.15) is 5.10 Å². The van der Waals surface area contributed by atoms with Gasteiger partial charge in [0.1, 0.15) is 11.6 Å². The fourth-order valence-corrected chi connectivity index (χ4v) is 2.04. The maximum Gasteiger partial charge on any atom is 0.142 e. The highest BCUT2D eigenvalue weighted by atomic mass is 35.5. The van der Waals surface area contributed by atoms with Crippen LogP contribution >= 0.6 is 11.6 Å². The molecule has 1 atom stereocenters. The third-order valence-corrected chi connectivity index (χ3v) is 3.08. The minimum Gasteiger partial charge on any atom is -0.308 e. The third-order valence-electron chi connectivity index (χ3n) is 2.79. The van der Waals surface area contributed by atoms with Crippen molar-refractivity contribution in [2.45, 2.75) is 6.04 Å². The topological polar surface area (TPSA) is 29.9 Å². The van der Waals surface area contributed by atoms with Crippen LogP contribution in [0.1, 0.15) is 17.3 Å². The van der Waals surface area contributed by atoms with E-state index in [9.17, 15) is 8.78 Å². The number of nitrogens with one attached hydrogen (secondary N) is 1. The van der Waals surface area contributed by atoms with Crippen molar-refractivity contribution in [3.8, 4) is 0 Å². The predicted molar refractivity (Wildman–Crippen MR) is 65.5 cm³/mol. The summed E-state index contributed by atoms with van der Waals surface area (Å²) < 4.78 is 28.9. The number of aryl methyl sites for hydroxylation is 1. The highest BCUT2D eigenvalue weighted by Gasteiger charge is 2.20. The van der Waals surface area contributed by atoms with Crippen molar-refractivity contribution in [3.63, 3.8) is 0 Å². The molecule has 1 N–H and O–H groups in total. The number of hydrogen-bond acceptors (Lipinski definition) is 2. The number of nitrogens with zero attached hydrogens (tertiary/aromatic N) is 2. The molecule has 1 heterocycles. The number of aromatic nitrogens is 2. The summed E-state index contributed by atoms with van der Waals surface area (Å²) in [7, 11) is 3.41. The van der Waals surface area contributed by atoms with Gasteiger partial charge in [-0.25, -0.2) is 8.78 Å². The van der Waals surface area contributed by atoms with Gasteiger partial charge < -0.3 is 5.32 Å². The highest BCUT2D eigenvalue weighted by Crippen LogP contribution is 2.27. The van der Waals surface area contributed by atoms with E-state index >= 15 is 0 Å². The van der Waals surface area contributed by atoms with Crippen LogP contribution in [-0.4, -0.2) is 16.8 Å². The van der Waals surface area contributed by atoms with Crippen molar-refractivity contribution >= 4 is 11.6 Å². The zero-order valence-electron chi connectivity index (χ0n) is 9.92. The second kappa shape index (κ2) is 5.04. The van der Waals surface area contributed by atoms with Crippen LogP contribution in [0.15, 0.2) is 24.4 Å². The van der Waals surface area contributed by atoms with E-state index in [0.717, 1.165) is 17.8 Å². The fraction of sp³-hybridized carbons (Fsp3) is 0.250. The van der Waals surface area contributed by atoms with Crippen molar-refractivity contribution in [2.24, 2.45) is 7.05 Å². The minimum atomic E-state index is -0.643. The standard InChI is InChI=1S/C12H12ClF2N3/c1-16-12(11-3-4-17-18(11)2)7-5-10(15)8(13)6-9(7)14/h3-6,12,16H,1-2H3. The van der Waals surface area contributed by atoms with E-state index in [1.54, 1.807) is 31.0 Å². The van der Waals surface area contributed by atoms with E-state index in [1.165, 1.54) is 0 Å². The summed E-state index contributed by atoms with van der Waals surface area (Å²) in [5.74, 6) is -1.20. The van der Waals surface area contributed by atoms with Crippen molar-refractivity contribution in [3.05, 3.63) is 52.3 Å². The molecule has 1 unspecified atom stereocenters. The zero-order chi connectivity index (χ0) is 13.3. The normalized spacial score (nSPS) is 12.7. The van der Waals surface area contributed by atoms with Crippen molar-refractivity contribution in [1.29, 1.82) is 0 Å². The second-order valence-corrected chi connectivity index (χ2v) is 4.30. The molecule has 0 amide bonds. The van der Waals surface area contributed by atoms with Crippen LogP contribution in [-0.2, 0) is 7.05 Å². The SMILES string of the molecule is CNC(c1cc(F)c(Cl)cc1F)c1ccnn1C. The Balaban J connectivity index is 2.52. The average molecular weight is 272 g/mol. The molecule has 0 saturated heterocycles. The largest absolute Gasteiger partial charge is 0.308 e. The molecule has 2 aromatic rings. The summed E-state index contributed by atoms with van der Waals surface area (Å²) in [6.45, 7) is 0. The maximum absolute atomic E-state index is 13.9. The summed E-state index contributed by atoms with van der Waals surface area (Å²) in [6.07, 6.45) is 1.60.